The van der Waals surface area contributed by atoms with E-state index in [0.29, 0.717) is 11.4 Å². The molecule has 2 rings (SSSR count). The molecule has 0 saturated carbocycles. The minimum atomic E-state index is 0.632. The van der Waals surface area contributed by atoms with E-state index in [1.54, 1.807) is 18.4 Å². The standard InChI is InChI=1S/C11H15N3OS2/c1-3-8-4-5-9(17-8)10-12-13-11(16)14(10)6-7-15-2/h4-5H,3,6-7H2,1-2H3,(H,13,16). The first-order valence-corrected chi connectivity index (χ1v) is 6.72. The van der Waals surface area contributed by atoms with Gasteiger partial charge in [-0.1, -0.05) is 6.92 Å². The smallest absolute Gasteiger partial charge is 0.195 e. The summed E-state index contributed by atoms with van der Waals surface area (Å²) in [5, 5.41) is 7.13. The average molecular weight is 269 g/mol. The van der Waals surface area contributed by atoms with Crippen LogP contribution in [0.25, 0.3) is 10.7 Å². The molecular formula is C11H15N3OS2. The number of hydrogen-bond donors (Lipinski definition) is 1. The number of aryl methyl sites for hydroxylation is 1. The Balaban J connectivity index is 2.34. The Morgan fingerprint density at radius 2 is 2.35 bits per heavy atom. The van der Waals surface area contributed by atoms with Gasteiger partial charge in [0, 0.05) is 12.0 Å². The normalized spacial score (nSPS) is 10.9. The number of rotatable bonds is 5. The predicted molar refractivity (Wildman–Crippen MR) is 72.0 cm³/mol. The van der Waals surface area contributed by atoms with Crippen molar-refractivity contribution in [1.29, 1.82) is 0 Å². The molecule has 2 aromatic rings. The van der Waals surface area contributed by atoms with Crippen molar-refractivity contribution in [2.45, 2.75) is 19.9 Å². The number of aromatic amines is 1. The number of thiophene rings is 1. The molecule has 0 fully saturated rings. The summed E-state index contributed by atoms with van der Waals surface area (Å²) < 4.78 is 7.70. The summed E-state index contributed by atoms with van der Waals surface area (Å²) in [5.41, 5.74) is 0. The summed E-state index contributed by atoms with van der Waals surface area (Å²) >= 11 is 6.97. The van der Waals surface area contributed by atoms with Crippen molar-refractivity contribution in [3.8, 4) is 10.7 Å². The molecule has 1 N–H and O–H groups in total. The zero-order valence-electron chi connectivity index (χ0n) is 9.90. The SMILES string of the molecule is CCc1ccc(-c2n[nH]c(=S)n2CCOC)s1. The van der Waals surface area contributed by atoms with Gasteiger partial charge in [-0.05, 0) is 30.8 Å². The van der Waals surface area contributed by atoms with Crippen molar-refractivity contribution in [2.24, 2.45) is 0 Å². The molecule has 0 aliphatic carbocycles. The third-order valence-electron chi connectivity index (χ3n) is 2.51. The van der Waals surface area contributed by atoms with Gasteiger partial charge < -0.3 is 4.74 Å². The first-order chi connectivity index (χ1) is 8.26. The number of nitrogens with zero attached hydrogens (tertiary/aromatic N) is 2. The van der Waals surface area contributed by atoms with Crippen molar-refractivity contribution in [3.05, 3.63) is 21.8 Å². The molecule has 0 radical (unpaired) electrons. The molecule has 17 heavy (non-hydrogen) atoms. The van der Waals surface area contributed by atoms with Crippen LogP contribution in [0.3, 0.4) is 0 Å². The van der Waals surface area contributed by atoms with Gasteiger partial charge in [0.05, 0.1) is 18.0 Å². The second-order valence-corrected chi connectivity index (χ2v) is 5.17. The van der Waals surface area contributed by atoms with Gasteiger partial charge >= 0.3 is 0 Å². The van der Waals surface area contributed by atoms with Crippen LogP contribution >= 0.6 is 23.6 Å². The van der Waals surface area contributed by atoms with Crippen LogP contribution < -0.4 is 0 Å². The fourth-order valence-corrected chi connectivity index (χ4v) is 2.75. The molecular weight excluding hydrogens is 254 g/mol. The fourth-order valence-electron chi connectivity index (χ4n) is 1.58. The highest BCUT2D eigenvalue weighted by Crippen LogP contribution is 2.26. The van der Waals surface area contributed by atoms with E-state index < -0.39 is 0 Å². The van der Waals surface area contributed by atoms with Gasteiger partial charge in [-0.3, -0.25) is 9.67 Å². The lowest BCUT2D eigenvalue weighted by Crippen LogP contribution is -2.05. The Bertz CT molecular complexity index is 541. The lowest BCUT2D eigenvalue weighted by Gasteiger charge is -2.03. The highest BCUT2D eigenvalue weighted by molar-refractivity contribution is 7.71. The van der Waals surface area contributed by atoms with Crippen LogP contribution in [0.2, 0.25) is 0 Å². The molecule has 4 nitrogen and oxygen atoms in total. The monoisotopic (exact) mass is 269 g/mol. The van der Waals surface area contributed by atoms with E-state index in [1.807, 2.05) is 4.57 Å². The molecule has 0 saturated heterocycles. The zero-order chi connectivity index (χ0) is 12.3. The molecule has 0 amide bonds. The fraction of sp³-hybridized carbons (Fsp3) is 0.455. The molecule has 2 aromatic heterocycles. The number of H-pyrrole nitrogens is 1. The van der Waals surface area contributed by atoms with E-state index in [1.165, 1.54) is 4.88 Å². The molecule has 0 aliphatic rings. The van der Waals surface area contributed by atoms with Gasteiger partial charge in [0.25, 0.3) is 0 Å². The second-order valence-electron chi connectivity index (χ2n) is 3.62. The minimum Gasteiger partial charge on any atom is -0.383 e. The lowest BCUT2D eigenvalue weighted by atomic mass is 10.3. The van der Waals surface area contributed by atoms with Crippen LogP contribution in [-0.4, -0.2) is 28.5 Å². The molecule has 0 atom stereocenters. The zero-order valence-corrected chi connectivity index (χ0v) is 11.5. The van der Waals surface area contributed by atoms with Crippen LogP contribution in [0.4, 0.5) is 0 Å². The molecule has 0 bridgehead atoms. The van der Waals surface area contributed by atoms with E-state index in [0.717, 1.165) is 23.7 Å². The largest absolute Gasteiger partial charge is 0.383 e. The molecule has 92 valence electrons. The quantitative estimate of drug-likeness (QED) is 0.849. The highest BCUT2D eigenvalue weighted by atomic mass is 32.1. The maximum atomic E-state index is 5.22. The Hall–Kier alpha value is -0.980. The molecule has 0 aliphatic heterocycles. The minimum absolute atomic E-state index is 0.632. The third-order valence-corrected chi connectivity index (χ3v) is 4.04. The number of hydrogen-bond acceptors (Lipinski definition) is 4. The van der Waals surface area contributed by atoms with Gasteiger partial charge in [-0.25, -0.2) is 0 Å². The first kappa shape index (κ1) is 12.5. The molecule has 2 heterocycles. The summed E-state index contributed by atoms with van der Waals surface area (Å²) in [7, 11) is 1.68. The third kappa shape index (κ3) is 2.65. The van der Waals surface area contributed by atoms with Crippen molar-refractivity contribution >= 4 is 23.6 Å². The highest BCUT2D eigenvalue weighted by Gasteiger charge is 2.10. The molecule has 0 aromatic carbocycles. The van der Waals surface area contributed by atoms with Crippen molar-refractivity contribution < 1.29 is 4.74 Å². The van der Waals surface area contributed by atoms with Gasteiger partial charge in [-0.15, -0.1) is 11.3 Å². The van der Waals surface area contributed by atoms with E-state index in [2.05, 4.69) is 29.3 Å². The Kier molecular flexibility index (Phi) is 4.09. The average Bonchev–Trinajstić information content (AvgIpc) is 2.93. The molecule has 0 unspecified atom stereocenters. The van der Waals surface area contributed by atoms with Crippen LogP contribution in [0.5, 0.6) is 0 Å². The predicted octanol–water partition coefficient (Wildman–Crippen LogP) is 2.88. The van der Waals surface area contributed by atoms with Gasteiger partial charge in [0.2, 0.25) is 0 Å². The maximum Gasteiger partial charge on any atom is 0.195 e. The summed E-state index contributed by atoms with van der Waals surface area (Å²) in [6, 6.07) is 4.23. The van der Waals surface area contributed by atoms with Crippen molar-refractivity contribution in [3.63, 3.8) is 0 Å². The number of nitrogens with one attached hydrogen (secondary N) is 1. The summed E-state index contributed by atoms with van der Waals surface area (Å²) in [4.78, 5) is 2.50. The van der Waals surface area contributed by atoms with Gasteiger partial charge in [0.1, 0.15) is 0 Å². The number of aromatic nitrogens is 3. The second kappa shape index (κ2) is 5.57. The molecule has 0 spiro atoms. The first-order valence-electron chi connectivity index (χ1n) is 5.49. The van der Waals surface area contributed by atoms with E-state index in [-0.39, 0.29) is 0 Å². The van der Waals surface area contributed by atoms with Crippen molar-refractivity contribution in [1.82, 2.24) is 14.8 Å². The number of ether oxygens (including phenoxy) is 1. The van der Waals surface area contributed by atoms with Crippen LogP contribution in [0.15, 0.2) is 12.1 Å². The Morgan fingerprint density at radius 1 is 1.53 bits per heavy atom. The van der Waals surface area contributed by atoms with Gasteiger partial charge in [0.15, 0.2) is 10.6 Å². The Morgan fingerprint density at radius 3 is 3.00 bits per heavy atom. The summed E-state index contributed by atoms with van der Waals surface area (Å²) in [5.74, 6) is 0.900. The summed E-state index contributed by atoms with van der Waals surface area (Å²) in [6.45, 7) is 3.50. The van der Waals surface area contributed by atoms with Gasteiger partial charge in [-0.2, -0.15) is 5.10 Å². The lowest BCUT2D eigenvalue weighted by molar-refractivity contribution is 0.187. The van der Waals surface area contributed by atoms with Crippen LogP contribution in [0, 0.1) is 4.77 Å². The van der Waals surface area contributed by atoms with E-state index in [9.17, 15) is 0 Å². The van der Waals surface area contributed by atoms with E-state index >= 15 is 0 Å². The Labute approximate surface area is 109 Å². The van der Waals surface area contributed by atoms with E-state index in [4.69, 9.17) is 17.0 Å². The number of methoxy groups -OCH3 is 1. The summed E-state index contributed by atoms with van der Waals surface area (Å²) in [6.07, 6.45) is 1.05. The van der Waals surface area contributed by atoms with Crippen LogP contribution in [-0.2, 0) is 17.7 Å². The van der Waals surface area contributed by atoms with Crippen molar-refractivity contribution in [2.75, 3.05) is 13.7 Å². The van der Waals surface area contributed by atoms with Crippen LogP contribution in [0.1, 0.15) is 11.8 Å². The molecule has 6 heteroatoms. The maximum absolute atomic E-state index is 5.22. The topological polar surface area (TPSA) is 42.8 Å².